The van der Waals surface area contributed by atoms with Gasteiger partial charge in [0.15, 0.2) is 0 Å². The second kappa shape index (κ2) is 6.78. The first-order valence-corrected chi connectivity index (χ1v) is 12.8. The molecule has 1 nitrogen and oxygen atoms in total. The fraction of sp³-hybridized carbons (Fsp3) is 0.238. The van der Waals surface area contributed by atoms with Gasteiger partial charge in [-0.05, 0) is 0 Å². The van der Waals surface area contributed by atoms with Gasteiger partial charge in [0, 0.05) is 0 Å². The van der Waals surface area contributed by atoms with Crippen molar-refractivity contribution in [3.63, 3.8) is 0 Å². The van der Waals surface area contributed by atoms with Crippen molar-refractivity contribution in [1.82, 2.24) is 0 Å². The van der Waals surface area contributed by atoms with Crippen LogP contribution in [0.4, 0.5) is 0 Å². The summed E-state index contributed by atoms with van der Waals surface area (Å²) in [5, 5.41) is 13.6. The zero-order valence-electron chi connectivity index (χ0n) is 14.7. The summed E-state index contributed by atoms with van der Waals surface area (Å²) >= 11 is 1.53. The van der Waals surface area contributed by atoms with E-state index in [4.69, 9.17) is 0 Å². The maximum Gasteiger partial charge on any atom is -1.00 e. The minimum Gasteiger partial charge on any atom is -1.00 e. The van der Waals surface area contributed by atoms with Crippen LogP contribution in [0.1, 0.15) is 33.7 Å². The molecule has 2 atom stereocenters. The van der Waals surface area contributed by atoms with Crippen molar-refractivity contribution in [2.24, 2.45) is 0 Å². The second-order valence-corrected chi connectivity index (χ2v) is 13.1. The molecule has 1 N–H and O–H groups in total. The monoisotopic (exact) mass is 475 g/mol. The molecule has 2 aliphatic carbocycles. The Kier molecular flexibility index (Phi) is 5.25. The maximum atomic E-state index is 11.0. The molecule has 2 aromatic rings. The van der Waals surface area contributed by atoms with Crippen LogP contribution >= 0.6 is 0 Å². The minimum absolute atomic E-state index is 0. The van der Waals surface area contributed by atoms with Crippen molar-refractivity contribution >= 4 is 24.0 Å². The Morgan fingerprint density at radius 1 is 1.15 bits per heavy atom. The van der Waals surface area contributed by atoms with Crippen LogP contribution in [0.25, 0.3) is 16.7 Å². The third kappa shape index (κ3) is 2.24. The second-order valence-electron chi connectivity index (χ2n) is 7.29. The van der Waals surface area contributed by atoms with Gasteiger partial charge >= 0.3 is 159 Å². The number of hydrogen-bond acceptors (Lipinski definition) is 1. The van der Waals surface area contributed by atoms with E-state index in [9.17, 15) is 5.11 Å². The molecular weight excluding hydrogens is 458 g/mol. The number of hydrogen-bond donors (Lipinski definition) is 1. The summed E-state index contributed by atoms with van der Waals surface area (Å²) in [5.41, 5.74) is 8.58. The van der Waals surface area contributed by atoms with Crippen molar-refractivity contribution in [2.75, 3.05) is 0 Å². The molecule has 0 amide bonds. The molecule has 0 saturated carbocycles. The van der Waals surface area contributed by atoms with Crippen molar-refractivity contribution in [2.45, 2.75) is 29.6 Å². The summed E-state index contributed by atoms with van der Waals surface area (Å²) in [4.78, 5) is 0. The number of rotatable bonds is 2. The van der Waals surface area contributed by atoms with Crippen molar-refractivity contribution in [1.29, 1.82) is 0 Å². The minimum atomic E-state index is -1.68. The Labute approximate surface area is 183 Å². The maximum absolute atomic E-state index is 11.0. The number of aromatic hydroxyl groups is 1. The van der Waals surface area contributed by atoms with Gasteiger partial charge in [0.2, 0.25) is 0 Å². The third-order valence-corrected chi connectivity index (χ3v) is 12.3. The van der Waals surface area contributed by atoms with Crippen molar-refractivity contribution in [3.05, 3.63) is 59.2 Å². The Balaban J connectivity index is 0.000000980. The Morgan fingerprint density at radius 2 is 1.88 bits per heavy atom. The number of halogens is 2. The van der Waals surface area contributed by atoms with Gasteiger partial charge in [0.25, 0.3) is 0 Å². The zero-order valence-corrected chi connectivity index (χ0v) is 19.7. The van der Waals surface area contributed by atoms with E-state index < -0.39 is 8.07 Å². The van der Waals surface area contributed by atoms with E-state index in [0.717, 1.165) is 6.42 Å². The molecule has 0 radical (unpaired) electrons. The molecule has 4 aliphatic rings. The molecule has 0 fully saturated rings. The largest absolute Gasteiger partial charge is 1.00 e. The molecule has 0 saturated heterocycles. The first-order valence-electron chi connectivity index (χ1n) is 8.69. The molecule has 5 heteroatoms. The first kappa shape index (κ1) is 20.1. The standard InChI is InChI=1S/C21H19OSi.2ClH.Zr/c1-3-23(2)20-16-12-14-10-6-7-11-15(14)18(16)17(21(23)19(20)22)13-8-4-5-9-13;;;/h4-8,10-12,22H,3,9H2,1-2H3;2*1H;/q;;;+2/p-2. The number of fused-ring (bicyclic) bond motifs is 1. The van der Waals surface area contributed by atoms with E-state index in [1.807, 2.05) is 0 Å². The van der Waals surface area contributed by atoms with Gasteiger partial charge in [-0.3, -0.25) is 0 Å². The molecule has 0 spiro atoms. The van der Waals surface area contributed by atoms with Gasteiger partial charge in [-0.1, -0.05) is 0 Å². The van der Waals surface area contributed by atoms with Crippen molar-refractivity contribution < 1.29 is 54.6 Å². The number of allylic oxidation sites excluding steroid dienone is 4. The number of phenolic OH excluding ortho intramolecular Hbond substituents is 1. The number of phenols is 1. The quantitative estimate of drug-likeness (QED) is 0.491. The van der Waals surface area contributed by atoms with E-state index in [0.29, 0.717) is 9.38 Å². The first-order chi connectivity index (χ1) is 11.6. The molecule has 2 unspecified atom stereocenters. The van der Waals surface area contributed by atoms with Crippen molar-refractivity contribution in [3.8, 4) is 16.9 Å². The summed E-state index contributed by atoms with van der Waals surface area (Å²) < 4.78 is 0.478. The van der Waals surface area contributed by atoms with E-state index in [1.54, 1.807) is 0 Å². The molecule has 2 aliphatic heterocycles. The van der Waals surface area contributed by atoms with Crippen LogP contribution < -0.4 is 35.2 Å². The molecule has 2 aromatic carbocycles. The summed E-state index contributed by atoms with van der Waals surface area (Å²) in [6.07, 6.45) is 7.65. The predicted octanol–water partition coefficient (Wildman–Crippen LogP) is -2.11. The average Bonchev–Trinajstić information content (AvgIpc) is 3.23. The SMILES string of the molecule is CC[Si]1(C)c2c(O)c1c1c(c2C2=CC=CC2)-c2ccccc2[CH]1[Zr+2].[Cl-].[Cl-]. The number of benzene rings is 2. The summed E-state index contributed by atoms with van der Waals surface area (Å²) in [6, 6.07) is 10.1. The van der Waals surface area contributed by atoms with Crippen LogP contribution in [0, 0.1) is 0 Å². The Morgan fingerprint density at radius 3 is 2.54 bits per heavy atom. The fourth-order valence-corrected chi connectivity index (χ4v) is 10.4. The van der Waals surface area contributed by atoms with Gasteiger partial charge in [-0.15, -0.1) is 0 Å². The van der Waals surface area contributed by atoms with E-state index in [2.05, 4.69) is 56.0 Å². The summed E-state index contributed by atoms with van der Waals surface area (Å²) in [6.45, 7) is 4.76. The molecule has 131 valence electrons. The van der Waals surface area contributed by atoms with Gasteiger partial charge < -0.3 is 24.8 Å². The summed E-state index contributed by atoms with van der Waals surface area (Å²) in [5.74, 6) is 0.632. The summed E-state index contributed by atoms with van der Waals surface area (Å²) in [7, 11) is -1.68. The van der Waals surface area contributed by atoms with Crippen LogP contribution in [0.15, 0.2) is 42.5 Å². The van der Waals surface area contributed by atoms with Gasteiger partial charge in [0.1, 0.15) is 0 Å². The van der Waals surface area contributed by atoms with Crippen LogP contribution in [-0.4, -0.2) is 13.2 Å². The van der Waals surface area contributed by atoms with E-state index >= 15 is 0 Å². The Bertz CT molecular complexity index is 982. The topological polar surface area (TPSA) is 20.2 Å². The fourth-order valence-electron chi connectivity index (χ4n) is 4.92. The zero-order chi connectivity index (χ0) is 16.6. The van der Waals surface area contributed by atoms with E-state index in [-0.39, 0.29) is 24.8 Å². The molecule has 2 heterocycles. The van der Waals surface area contributed by atoms with Gasteiger partial charge in [0.05, 0.1) is 0 Å². The average molecular weight is 478 g/mol. The third-order valence-electron chi connectivity index (χ3n) is 6.25. The molecule has 2 bridgehead atoms. The normalized spacial score (nSPS) is 23.4. The predicted molar refractivity (Wildman–Crippen MR) is 98.5 cm³/mol. The van der Waals surface area contributed by atoms with Crippen LogP contribution in [0.3, 0.4) is 0 Å². The van der Waals surface area contributed by atoms with Crippen LogP contribution in [0.2, 0.25) is 12.6 Å². The smallest absolute Gasteiger partial charge is 1.00 e. The Hall–Kier alpha value is -0.600. The van der Waals surface area contributed by atoms with Crippen LogP contribution in [0.5, 0.6) is 5.75 Å². The molecule has 0 aromatic heterocycles. The molecule has 6 rings (SSSR count). The van der Waals surface area contributed by atoms with E-state index in [1.165, 1.54) is 74.5 Å². The van der Waals surface area contributed by atoms with Gasteiger partial charge in [-0.2, -0.15) is 0 Å². The van der Waals surface area contributed by atoms with Crippen LogP contribution in [-0.2, 0) is 24.7 Å². The molecule has 26 heavy (non-hydrogen) atoms. The molecular formula is C21H19Cl2OSiZr. The van der Waals surface area contributed by atoms with Gasteiger partial charge in [-0.25, -0.2) is 0 Å².